The lowest BCUT2D eigenvalue weighted by Gasteiger charge is -2.11. The second kappa shape index (κ2) is 10.7. The summed E-state index contributed by atoms with van der Waals surface area (Å²) < 4.78 is 4.71. The third kappa shape index (κ3) is 4.25. The van der Waals surface area contributed by atoms with E-state index in [2.05, 4.69) is 144 Å². The van der Waals surface area contributed by atoms with Gasteiger partial charge in [-0.15, -0.1) is 11.3 Å². The molecule has 0 saturated carbocycles. The Morgan fingerprint density at radius 3 is 1.88 bits per heavy atom. The fraction of sp³-hybridized carbons (Fsp3) is 0. The Bertz CT molecular complexity index is 2830. The molecule has 3 aromatic heterocycles. The highest BCUT2D eigenvalue weighted by molar-refractivity contribution is 7.25. The number of aromatic nitrogens is 4. The SMILES string of the molecule is c1ccc(-c2ccc3c4c5ccccc5ccc4n(-c4nc(-c5ccccc5)nc(-c5ccc6c(c5)sc5ccccc56)n4)c3c2)cc1. The van der Waals surface area contributed by atoms with Crippen molar-refractivity contribution >= 4 is 64.1 Å². The van der Waals surface area contributed by atoms with Crippen LogP contribution < -0.4 is 0 Å². The molecule has 0 bridgehead atoms. The van der Waals surface area contributed by atoms with Crippen molar-refractivity contribution in [1.29, 1.82) is 0 Å². The summed E-state index contributed by atoms with van der Waals surface area (Å²) in [6.45, 7) is 0. The summed E-state index contributed by atoms with van der Waals surface area (Å²) in [6, 6.07) is 55.6. The van der Waals surface area contributed by atoms with Gasteiger partial charge in [0.15, 0.2) is 11.6 Å². The Morgan fingerprint density at radius 2 is 1.04 bits per heavy atom. The lowest BCUT2D eigenvalue weighted by molar-refractivity contribution is 0.954. The van der Waals surface area contributed by atoms with E-state index in [1.807, 2.05) is 18.2 Å². The Balaban J connectivity index is 1.28. The first-order valence-electron chi connectivity index (χ1n) is 16.0. The molecule has 10 rings (SSSR count). The highest BCUT2D eigenvalue weighted by Gasteiger charge is 2.20. The van der Waals surface area contributed by atoms with Gasteiger partial charge in [-0.25, -0.2) is 4.98 Å². The van der Waals surface area contributed by atoms with Crippen LogP contribution >= 0.6 is 11.3 Å². The zero-order chi connectivity index (χ0) is 31.6. The first-order chi connectivity index (χ1) is 23.8. The van der Waals surface area contributed by atoms with E-state index in [0.29, 0.717) is 17.6 Å². The minimum atomic E-state index is 0.593. The van der Waals surface area contributed by atoms with Gasteiger partial charge in [-0.2, -0.15) is 9.97 Å². The first kappa shape index (κ1) is 27.0. The Kier molecular flexibility index (Phi) is 6.01. The van der Waals surface area contributed by atoms with Crippen LogP contribution in [0.3, 0.4) is 0 Å². The minimum Gasteiger partial charge on any atom is -0.278 e. The molecule has 0 atom stereocenters. The van der Waals surface area contributed by atoms with E-state index in [-0.39, 0.29) is 0 Å². The molecule has 0 fully saturated rings. The van der Waals surface area contributed by atoms with Crippen LogP contribution in [-0.4, -0.2) is 19.5 Å². The predicted molar refractivity (Wildman–Crippen MR) is 201 cm³/mol. The van der Waals surface area contributed by atoms with Crippen molar-refractivity contribution in [2.24, 2.45) is 0 Å². The standard InChI is InChI=1S/C43H26N4S/c1-3-11-27(12-4-1)30-19-23-35-37(25-30)47(36-24-21-28-13-7-8-16-32(28)40(35)36)43-45-41(29-14-5-2-6-15-29)44-42(46-43)31-20-22-34-33-17-9-10-18-38(33)48-39(34)26-31/h1-26H. The third-order valence-electron chi connectivity index (χ3n) is 9.26. The van der Waals surface area contributed by atoms with Gasteiger partial charge in [-0.1, -0.05) is 133 Å². The molecule has 0 unspecified atom stereocenters. The molecule has 0 spiro atoms. The average Bonchev–Trinajstić information content (AvgIpc) is 3.70. The maximum absolute atomic E-state index is 5.26. The molecule has 224 valence electrons. The normalized spacial score (nSPS) is 11.8. The van der Waals surface area contributed by atoms with E-state index in [1.54, 1.807) is 11.3 Å². The van der Waals surface area contributed by atoms with Crippen LogP contribution in [0.4, 0.5) is 0 Å². The molecule has 0 amide bonds. The summed E-state index contributed by atoms with van der Waals surface area (Å²) in [4.78, 5) is 15.5. The summed E-state index contributed by atoms with van der Waals surface area (Å²) in [5.41, 5.74) is 6.33. The number of hydrogen-bond acceptors (Lipinski definition) is 4. The Labute approximate surface area is 280 Å². The lowest BCUT2D eigenvalue weighted by atomic mass is 10.0. The van der Waals surface area contributed by atoms with E-state index in [9.17, 15) is 0 Å². The molecule has 48 heavy (non-hydrogen) atoms. The second-order valence-corrected chi connectivity index (χ2v) is 13.2. The molecule has 0 N–H and O–H groups in total. The molecule has 5 heteroatoms. The van der Waals surface area contributed by atoms with Crippen molar-refractivity contribution in [3.8, 4) is 39.9 Å². The first-order valence-corrected chi connectivity index (χ1v) is 16.9. The topological polar surface area (TPSA) is 43.6 Å². The largest absolute Gasteiger partial charge is 0.278 e. The van der Waals surface area contributed by atoms with Crippen molar-refractivity contribution in [2.75, 3.05) is 0 Å². The number of nitrogens with zero attached hydrogens (tertiary/aromatic N) is 4. The van der Waals surface area contributed by atoms with Gasteiger partial charge in [0.2, 0.25) is 5.95 Å². The molecule has 4 nitrogen and oxygen atoms in total. The van der Waals surface area contributed by atoms with Gasteiger partial charge in [0.25, 0.3) is 0 Å². The zero-order valence-corrected chi connectivity index (χ0v) is 26.5. The van der Waals surface area contributed by atoms with Crippen LogP contribution in [0.2, 0.25) is 0 Å². The Hall–Kier alpha value is -6.17. The van der Waals surface area contributed by atoms with Crippen LogP contribution in [0.25, 0.3) is 92.6 Å². The summed E-state index contributed by atoms with van der Waals surface area (Å²) in [5, 5.41) is 7.29. The van der Waals surface area contributed by atoms with Gasteiger partial charge in [0.1, 0.15) is 0 Å². The molecule has 0 saturated heterocycles. The smallest absolute Gasteiger partial charge is 0.238 e. The lowest BCUT2D eigenvalue weighted by Crippen LogP contribution is -2.06. The summed E-state index contributed by atoms with van der Waals surface area (Å²) in [6.07, 6.45) is 0. The summed E-state index contributed by atoms with van der Waals surface area (Å²) >= 11 is 1.80. The van der Waals surface area contributed by atoms with Crippen LogP contribution in [-0.2, 0) is 0 Å². The maximum Gasteiger partial charge on any atom is 0.238 e. The fourth-order valence-corrected chi connectivity index (χ4v) is 8.13. The molecule has 0 aliphatic carbocycles. The monoisotopic (exact) mass is 630 g/mol. The van der Waals surface area contributed by atoms with E-state index in [1.165, 1.54) is 41.9 Å². The van der Waals surface area contributed by atoms with E-state index < -0.39 is 0 Å². The maximum atomic E-state index is 5.26. The highest BCUT2D eigenvalue weighted by Crippen LogP contribution is 2.39. The van der Waals surface area contributed by atoms with Crippen LogP contribution in [0.1, 0.15) is 0 Å². The van der Waals surface area contributed by atoms with E-state index in [0.717, 1.165) is 33.1 Å². The quantitative estimate of drug-likeness (QED) is 0.194. The predicted octanol–water partition coefficient (Wildman–Crippen LogP) is 11.5. The zero-order valence-electron chi connectivity index (χ0n) is 25.7. The highest BCUT2D eigenvalue weighted by atomic mass is 32.1. The van der Waals surface area contributed by atoms with Gasteiger partial charge in [-0.3, -0.25) is 4.57 Å². The van der Waals surface area contributed by atoms with Crippen molar-refractivity contribution in [3.05, 3.63) is 158 Å². The minimum absolute atomic E-state index is 0.593. The van der Waals surface area contributed by atoms with Gasteiger partial charge in [0, 0.05) is 42.1 Å². The molecule has 10 aromatic rings. The van der Waals surface area contributed by atoms with Crippen LogP contribution in [0.15, 0.2) is 158 Å². The fourth-order valence-electron chi connectivity index (χ4n) is 6.99. The summed E-state index contributed by atoms with van der Waals surface area (Å²) in [5.74, 6) is 1.88. The number of rotatable bonds is 4. The second-order valence-electron chi connectivity index (χ2n) is 12.1. The van der Waals surface area contributed by atoms with Gasteiger partial charge >= 0.3 is 0 Å². The molecule has 7 aromatic carbocycles. The van der Waals surface area contributed by atoms with Crippen LogP contribution in [0.5, 0.6) is 0 Å². The third-order valence-corrected chi connectivity index (χ3v) is 10.4. The number of hydrogen-bond donors (Lipinski definition) is 0. The van der Waals surface area contributed by atoms with E-state index in [4.69, 9.17) is 15.0 Å². The molecular weight excluding hydrogens is 605 g/mol. The van der Waals surface area contributed by atoms with Gasteiger partial charge in [0.05, 0.1) is 11.0 Å². The van der Waals surface area contributed by atoms with Crippen molar-refractivity contribution < 1.29 is 0 Å². The van der Waals surface area contributed by atoms with E-state index >= 15 is 0 Å². The average molecular weight is 631 g/mol. The molecule has 0 radical (unpaired) electrons. The molecule has 0 aliphatic heterocycles. The molecule has 0 aliphatic rings. The van der Waals surface area contributed by atoms with Gasteiger partial charge < -0.3 is 0 Å². The van der Waals surface area contributed by atoms with Gasteiger partial charge in [-0.05, 0) is 46.2 Å². The molecular formula is C43H26N4S. The number of fused-ring (bicyclic) bond motifs is 8. The summed E-state index contributed by atoms with van der Waals surface area (Å²) in [7, 11) is 0. The number of thiophene rings is 1. The Morgan fingerprint density at radius 1 is 0.396 bits per heavy atom. The van der Waals surface area contributed by atoms with Crippen molar-refractivity contribution in [2.45, 2.75) is 0 Å². The van der Waals surface area contributed by atoms with Crippen LogP contribution in [0, 0.1) is 0 Å². The van der Waals surface area contributed by atoms with Crippen molar-refractivity contribution in [1.82, 2.24) is 19.5 Å². The molecule has 3 heterocycles. The van der Waals surface area contributed by atoms with Crippen molar-refractivity contribution in [3.63, 3.8) is 0 Å². The number of benzene rings is 7.